The van der Waals surface area contributed by atoms with Gasteiger partial charge in [0.25, 0.3) is 0 Å². The SMILES string of the molecule is O=C(O)[C@H]1CCCC[C@H]1C(=O)NCC1(CO)CCCC1. The van der Waals surface area contributed by atoms with Gasteiger partial charge in [-0.05, 0) is 25.7 Å². The largest absolute Gasteiger partial charge is 0.481 e. The monoisotopic (exact) mass is 283 g/mol. The quantitative estimate of drug-likeness (QED) is 0.714. The number of hydrogen-bond acceptors (Lipinski definition) is 3. The molecule has 2 fully saturated rings. The predicted molar refractivity (Wildman–Crippen MR) is 74.1 cm³/mol. The number of carboxylic acid groups (broad SMARTS) is 1. The number of amides is 1. The Hall–Kier alpha value is -1.10. The van der Waals surface area contributed by atoms with Gasteiger partial charge in [0.2, 0.25) is 5.91 Å². The molecule has 1 amide bonds. The maximum Gasteiger partial charge on any atom is 0.307 e. The van der Waals surface area contributed by atoms with Crippen molar-refractivity contribution in [2.75, 3.05) is 13.2 Å². The Morgan fingerprint density at radius 3 is 2.20 bits per heavy atom. The molecule has 2 rings (SSSR count). The predicted octanol–water partition coefficient (Wildman–Crippen LogP) is 1.55. The Labute approximate surface area is 119 Å². The summed E-state index contributed by atoms with van der Waals surface area (Å²) in [4.78, 5) is 23.5. The molecule has 0 spiro atoms. The van der Waals surface area contributed by atoms with Crippen molar-refractivity contribution in [3.05, 3.63) is 0 Å². The van der Waals surface area contributed by atoms with Crippen LogP contribution in [-0.4, -0.2) is 35.2 Å². The van der Waals surface area contributed by atoms with E-state index in [-0.39, 0.29) is 17.9 Å². The van der Waals surface area contributed by atoms with Crippen LogP contribution >= 0.6 is 0 Å². The average Bonchev–Trinajstić information content (AvgIpc) is 2.94. The van der Waals surface area contributed by atoms with Gasteiger partial charge < -0.3 is 15.5 Å². The van der Waals surface area contributed by atoms with Crippen molar-refractivity contribution in [2.45, 2.75) is 51.4 Å². The lowest BCUT2D eigenvalue weighted by molar-refractivity contribution is -0.149. The highest BCUT2D eigenvalue weighted by atomic mass is 16.4. The van der Waals surface area contributed by atoms with E-state index in [9.17, 15) is 19.8 Å². The van der Waals surface area contributed by atoms with Crippen LogP contribution in [0, 0.1) is 17.3 Å². The minimum atomic E-state index is -0.859. The number of aliphatic carboxylic acids is 1. The summed E-state index contributed by atoms with van der Waals surface area (Å²) in [6, 6.07) is 0. The van der Waals surface area contributed by atoms with Gasteiger partial charge in [-0.15, -0.1) is 0 Å². The fourth-order valence-electron chi connectivity index (χ4n) is 3.66. The van der Waals surface area contributed by atoms with E-state index in [4.69, 9.17) is 0 Å². The van der Waals surface area contributed by atoms with Gasteiger partial charge in [0, 0.05) is 12.0 Å². The Kier molecular flexibility index (Phi) is 5.02. The van der Waals surface area contributed by atoms with Crippen molar-refractivity contribution >= 4 is 11.9 Å². The molecule has 0 saturated heterocycles. The Balaban J connectivity index is 1.91. The lowest BCUT2D eigenvalue weighted by Crippen LogP contribution is -2.44. The van der Waals surface area contributed by atoms with Gasteiger partial charge in [-0.3, -0.25) is 9.59 Å². The first kappa shape index (κ1) is 15.3. The molecule has 0 unspecified atom stereocenters. The first-order valence-electron chi connectivity index (χ1n) is 7.69. The number of carbonyl (C=O) groups excluding carboxylic acids is 1. The molecule has 20 heavy (non-hydrogen) atoms. The van der Waals surface area contributed by atoms with E-state index >= 15 is 0 Å². The minimum absolute atomic E-state index is 0.0975. The second kappa shape index (κ2) is 6.57. The maximum atomic E-state index is 12.3. The van der Waals surface area contributed by atoms with Crippen LogP contribution in [0.1, 0.15) is 51.4 Å². The second-order valence-corrected chi connectivity index (χ2v) is 6.42. The summed E-state index contributed by atoms with van der Waals surface area (Å²) < 4.78 is 0. The Morgan fingerprint density at radius 1 is 1.05 bits per heavy atom. The van der Waals surface area contributed by atoms with E-state index in [1.54, 1.807) is 0 Å². The van der Waals surface area contributed by atoms with Crippen LogP contribution in [0.3, 0.4) is 0 Å². The van der Waals surface area contributed by atoms with Gasteiger partial charge in [-0.25, -0.2) is 0 Å². The number of carbonyl (C=O) groups is 2. The third-order valence-electron chi connectivity index (χ3n) is 5.06. The van der Waals surface area contributed by atoms with E-state index in [1.165, 1.54) is 0 Å². The fourth-order valence-corrected chi connectivity index (χ4v) is 3.66. The van der Waals surface area contributed by atoms with Gasteiger partial charge in [0.1, 0.15) is 0 Å². The molecule has 2 aliphatic rings. The smallest absolute Gasteiger partial charge is 0.307 e. The molecule has 0 aliphatic heterocycles. The van der Waals surface area contributed by atoms with Crippen molar-refractivity contribution < 1.29 is 19.8 Å². The molecule has 0 radical (unpaired) electrons. The molecule has 0 aromatic heterocycles. The fraction of sp³-hybridized carbons (Fsp3) is 0.867. The number of rotatable bonds is 5. The lowest BCUT2D eigenvalue weighted by atomic mass is 9.78. The van der Waals surface area contributed by atoms with E-state index in [1.807, 2.05) is 0 Å². The lowest BCUT2D eigenvalue weighted by Gasteiger charge is -2.31. The van der Waals surface area contributed by atoms with Gasteiger partial charge in [-0.2, -0.15) is 0 Å². The molecule has 114 valence electrons. The first-order valence-corrected chi connectivity index (χ1v) is 7.69. The molecule has 2 aliphatic carbocycles. The third kappa shape index (κ3) is 3.32. The molecular weight excluding hydrogens is 258 g/mol. The molecule has 0 aromatic carbocycles. The van der Waals surface area contributed by atoms with Gasteiger partial charge in [0.05, 0.1) is 18.4 Å². The molecule has 3 N–H and O–H groups in total. The zero-order chi connectivity index (χ0) is 14.6. The molecule has 0 aromatic rings. The highest BCUT2D eigenvalue weighted by Crippen LogP contribution is 2.37. The molecular formula is C15H25NO4. The van der Waals surface area contributed by atoms with E-state index in [0.717, 1.165) is 38.5 Å². The molecule has 0 bridgehead atoms. The zero-order valence-corrected chi connectivity index (χ0v) is 11.9. The average molecular weight is 283 g/mol. The summed E-state index contributed by atoms with van der Waals surface area (Å²) in [6.45, 7) is 0.575. The first-order chi connectivity index (χ1) is 9.58. The summed E-state index contributed by atoms with van der Waals surface area (Å²) >= 11 is 0. The van der Waals surface area contributed by atoms with Crippen LogP contribution in [0.15, 0.2) is 0 Å². The molecule has 5 nitrogen and oxygen atoms in total. The summed E-state index contributed by atoms with van der Waals surface area (Å²) in [6.07, 6.45) is 7.14. The molecule has 2 atom stereocenters. The van der Waals surface area contributed by atoms with E-state index < -0.39 is 17.8 Å². The van der Waals surface area contributed by atoms with Crippen LogP contribution in [0.25, 0.3) is 0 Å². The number of carboxylic acids is 1. The van der Waals surface area contributed by atoms with Gasteiger partial charge in [-0.1, -0.05) is 25.7 Å². The number of aliphatic hydroxyl groups is 1. The summed E-state index contributed by atoms with van der Waals surface area (Å²) in [5.41, 5.74) is -0.178. The Bertz CT molecular complexity index is 363. The number of aliphatic hydroxyl groups excluding tert-OH is 1. The van der Waals surface area contributed by atoms with Crippen LogP contribution in [-0.2, 0) is 9.59 Å². The van der Waals surface area contributed by atoms with Crippen molar-refractivity contribution in [1.29, 1.82) is 0 Å². The van der Waals surface area contributed by atoms with Crippen molar-refractivity contribution in [2.24, 2.45) is 17.3 Å². The second-order valence-electron chi connectivity index (χ2n) is 6.42. The maximum absolute atomic E-state index is 12.3. The number of hydrogen-bond donors (Lipinski definition) is 3. The van der Waals surface area contributed by atoms with Crippen molar-refractivity contribution in [3.63, 3.8) is 0 Å². The zero-order valence-electron chi connectivity index (χ0n) is 11.9. The summed E-state index contributed by atoms with van der Waals surface area (Å²) in [5, 5.41) is 21.7. The standard InChI is InChI=1S/C15H25NO4/c17-10-15(7-3-4-8-15)9-16-13(18)11-5-1-2-6-12(11)14(19)20/h11-12,17H,1-10H2,(H,16,18)(H,19,20)/t11-,12+/m1/s1. The number of nitrogens with one attached hydrogen (secondary N) is 1. The normalized spacial score (nSPS) is 29.1. The van der Waals surface area contributed by atoms with Crippen LogP contribution < -0.4 is 5.32 Å². The van der Waals surface area contributed by atoms with Gasteiger partial charge >= 0.3 is 5.97 Å². The Morgan fingerprint density at radius 2 is 1.65 bits per heavy atom. The molecule has 5 heteroatoms. The molecule has 0 heterocycles. The van der Waals surface area contributed by atoms with Crippen molar-refractivity contribution in [1.82, 2.24) is 5.32 Å². The third-order valence-corrected chi connectivity index (χ3v) is 5.06. The van der Waals surface area contributed by atoms with Crippen LogP contribution in [0.4, 0.5) is 0 Å². The van der Waals surface area contributed by atoms with Crippen molar-refractivity contribution in [3.8, 4) is 0 Å². The van der Waals surface area contributed by atoms with Crippen LogP contribution in [0.2, 0.25) is 0 Å². The van der Waals surface area contributed by atoms with Gasteiger partial charge in [0.15, 0.2) is 0 Å². The highest BCUT2D eigenvalue weighted by molar-refractivity contribution is 5.84. The minimum Gasteiger partial charge on any atom is -0.481 e. The summed E-state index contributed by atoms with van der Waals surface area (Å²) in [5.74, 6) is -1.95. The summed E-state index contributed by atoms with van der Waals surface area (Å²) in [7, 11) is 0. The topological polar surface area (TPSA) is 86.6 Å². The highest BCUT2D eigenvalue weighted by Gasteiger charge is 2.38. The van der Waals surface area contributed by atoms with E-state index in [2.05, 4.69) is 5.32 Å². The molecule has 2 saturated carbocycles. The van der Waals surface area contributed by atoms with E-state index in [0.29, 0.717) is 19.4 Å². The van der Waals surface area contributed by atoms with Crippen LogP contribution in [0.5, 0.6) is 0 Å².